The van der Waals surface area contributed by atoms with Gasteiger partial charge in [0, 0.05) is 6.54 Å². The predicted molar refractivity (Wildman–Crippen MR) is 76.5 cm³/mol. The predicted octanol–water partition coefficient (Wildman–Crippen LogP) is 4.10. The van der Waals surface area contributed by atoms with Gasteiger partial charge in [0.25, 0.3) is 0 Å². The fourth-order valence-electron chi connectivity index (χ4n) is 3.87. The SMILES string of the molecule is CCC1(CC)CCNC2(CCCC(C(C)C)C2)O1. The van der Waals surface area contributed by atoms with E-state index >= 15 is 0 Å². The van der Waals surface area contributed by atoms with Crippen LogP contribution < -0.4 is 5.32 Å². The zero-order valence-electron chi connectivity index (χ0n) is 12.7. The van der Waals surface area contributed by atoms with Gasteiger partial charge >= 0.3 is 0 Å². The van der Waals surface area contributed by atoms with E-state index in [2.05, 4.69) is 33.0 Å². The summed E-state index contributed by atoms with van der Waals surface area (Å²) in [5, 5.41) is 3.72. The Morgan fingerprint density at radius 3 is 2.56 bits per heavy atom. The van der Waals surface area contributed by atoms with E-state index in [-0.39, 0.29) is 11.3 Å². The smallest absolute Gasteiger partial charge is 0.120 e. The highest BCUT2D eigenvalue weighted by Gasteiger charge is 2.46. The third-order valence-electron chi connectivity index (χ3n) is 5.42. The Bertz CT molecular complexity index is 268. The topological polar surface area (TPSA) is 21.3 Å². The van der Waals surface area contributed by atoms with Crippen LogP contribution in [-0.4, -0.2) is 17.9 Å². The molecule has 2 rings (SSSR count). The van der Waals surface area contributed by atoms with Gasteiger partial charge in [-0.1, -0.05) is 27.7 Å². The summed E-state index contributed by atoms with van der Waals surface area (Å²) in [4.78, 5) is 0. The van der Waals surface area contributed by atoms with E-state index in [1.165, 1.54) is 32.1 Å². The molecule has 0 aromatic rings. The number of hydrogen-bond acceptors (Lipinski definition) is 2. The molecular weight excluding hydrogens is 222 g/mol. The van der Waals surface area contributed by atoms with Crippen molar-refractivity contribution in [3.63, 3.8) is 0 Å². The number of hydrogen-bond donors (Lipinski definition) is 1. The molecule has 2 aliphatic rings. The van der Waals surface area contributed by atoms with Gasteiger partial charge in [-0.05, 0) is 56.8 Å². The van der Waals surface area contributed by atoms with Crippen LogP contribution in [0.3, 0.4) is 0 Å². The molecule has 0 radical (unpaired) electrons. The summed E-state index contributed by atoms with van der Waals surface area (Å²) in [6.45, 7) is 10.4. The van der Waals surface area contributed by atoms with E-state index in [1.807, 2.05) is 0 Å². The molecule has 1 aliphatic heterocycles. The second kappa shape index (κ2) is 5.50. The molecule has 0 aromatic carbocycles. The van der Waals surface area contributed by atoms with E-state index in [1.54, 1.807) is 0 Å². The maximum Gasteiger partial charge on any atom is 0.120 e. The molecule has 106 valence electrons. The van der Waals surface area contributed by atoms with E-state index in [9.17, 15) is 0 Å². The van der Waals surface area contributed by atoms with Crippen molar-refractivity contribution >= 4 is 0 Å². The zero-order valence-corrected chi connectivity index (χ0v) is 12.7. The minimum absolute atomic E-state index is 0.00252. The van der Waals surface area contributed by atoms with Crippen LogP contribution in [0.25, 0.3) is 0 Å². The van der Waals surface area contributed by atoms with Crippen molar-refractivity contribution in [2.75, 3.05) is 6.54 Å². The third-order valence-corrected chi connectivity index (χ3v) is 5.42. The maximum atomic E-state index is 6.67. The molecule has 1 saturated carbocycles. The summed E-state index contributed by atoms with van der Waals surface area (Å²) < 4.78 is 6.67. The van der Waals surface area contributed by atoms with Gasteiger partial charge in [-0.15, -0.1) is 0 Å². The molecule has 1 saturated heterocycles. The summed E-state index contributed by atoms with van der Waals surface area (Å²) >= 11 is 0. The standard InChI is InChI=1S/C16H31NO/c1-5-15(6-2)10-11-17-16(18-15)9-7-8-14(12-16)13(3)4/h13-14,17H,5-12H2,1-4H3. The average Bonchev–Trinajstić information content (AvgIpc) is 2.38. The first-order chi connectivity index (χ1) is 8.55. The van der Waals surface area contributed by atoms with Crippen molar-refractivity contribution in [2.45, 2.75) is 84.0 Å². The van der Waals surface area contributed by atoms with Gasteiger partial charge < -0.3 is 4.74 Å². The molecule has 0 aromatic heterocycles. The molecule has 1 N–H and O–H groups in total. The Morgan fingerprint density at radius 2 is 1.94 bits per heavy atom. The molecule has 2 heteroatoms. The normalized spacial score (nSPS) is 36.2. The Balaban J connectivity index is 2.10. The number of ether oxygens (including phenoxy) is 1. The van der Waals surface area contributed by atoms with Gasteiger partial charge in [-0.3, -0.25) is 5.32 Å². The highest BCUT2D eigenvalue weighted by atomic mass is 16.5. The first-order valence-corrected chi connectivity index (χ1v) is 8.00. The highest BCUT2D eigenvalue weighted by Crippen LogP contribution is 2.43. The van der Waals surface area contributed by atoms with Crippen LogP contribution in [0.4, 0.5) is 0 Å². The Hall–Kier alpha value is -0.0800. The molecule has 2 nitrogen and oxygen atoms in total. The van der Waals surface area contributed by atoms with E-state index in [0.29, 0.717) is 0 Å². The molecule has 0 amide bonds. The van der Waals surface area contributed by atoms with Crippen molar-refractivity contribution < 1.29 is 4.74 Å². The summed E-state index contributed by atoms with van der Waals surface area (Å²) in [5.41, 5.74) is 0.140. The molecular formula is C16H31NO. The second-order valence-corrected chi connectivity index (χ2v) is 6.76. The maximum absolute atomic E-state index is 6.67. The molecule has 2 atom stereocenters. The quantitative estimate of drug-likeness (QED) is 0.817. The lowest BCUT2D eigenvalue weighted by Gasteiger charge is -2.52. The lowest BCUT2D eigenvalue weighted by atomic mass is 9.75. The Morgan fingerprint density at radius 1 is 1.22 bits per heavy atom. The van der Waals surface area contributed by atoms with E-state index < -0.39 is 0 Å². The van der Waals surface area contributed by atoms with Crippen LogP contribution >= 0.6 is 0 Å². The van der Waals surface area contributed by atoms with Gasteiger partial charge in [0.05, 0.1) is 5.60 Å². The van der Waals surface area contributed by atoms with Gasteiger partial charge in [0.15, 0.2) is 0 Å². The first kappa shape index (κ1) is 14.3. The van der Waals surface area contributed by atoms with Crippen molar-refractivity contribution in [1.82, 2.24) is 5.32 Å². The average molecular weight is 253 g/mol. The van der Waals surface area contributed by atoms with Crippen LogP contribution in [0.15, 0.2) is 0 Å². The summed E-state index contributed by atoms with van der Waals surface area (Å²) in [6.07, 6.45) is 8.60. The van der Waals surface area contributed by atoms with Crippen molar-refractivity contribution in [2.24, 2.45) is 11.8 Å². The van der Waals surface area contributed by atoms with Crippen molar-refractivity contribution in [1.29, 1.82) is 0 Å². The zero-order chi connectivity index (χ0) is 13.2. The lowest BCUT2D eigenvalue weighted by Crippen LogP contribution is -2.61. The summed E-state index contributed by atoms with van der Waals surface area (Å²) in [6, 6.07) is 0. The largest absolute Gasteiger partial charge is 0.354 e. The molecule has 0 bridgehead atoms. The van der Waals surface area contributed by atoms with Crippen LogP contribution in [0.1, 0.15) is 72.6 Å². The van der Waals surface area contributed by atoms with E-state index in [4.69, 9.17) is 4.74 Å². The fraction of sp³-hybridized carbons (Fsp3) is 1.00. The van der Waals surface area contributed by atoms with Crippen LogP contribution in [0, 0.1) is 11.8 Å². The van der Waals surface area contributed by atoms with E-state index in [0.717, 1.165) is 31.2 Å². The third kappa shape index (κ3) is 2.75. The van der Waals surface area contributed by atoms with Crippen LogP contribution in [0.2, 0.25) is 0 Å². The monoisotopic (exact) mass is 253 g/mol. The van der Waals surface area contributed by atoms with Crippen LogP contribution in [-0.2, 0) is 4.74 Å². The van der Waals surface area contributed by atoms with Gasteiger partial charge in [-0.2, -0.15) is 0 Å². The molecule has 2 fully saturated rings. The lowest BCUT2D eigenvalue weighted by molar-refractivity contribution is -0.224. The highest BCUT2D eigenvalue weighted by molar-refractivity contribution is 4.95. The fourth-order valence-corrected chi connectivity index (χ4v) is 3.87. The molecule has 2 unspecified atom stereocenters. The number of nitrogens with one attached hydrogen (secondary N) is 1. The first-order valence-electron chi connectivity index (χ1n) is 8.00. The molecule has 1 spiro atoms. The minimum atomic E-state index is -0.00252. The minimum Gasteiger partial charge on any atom is -0.354 e. The van der Waals surface area contributed by atoms with Crippen LogP contribution in [0.5, 0.6) is 0 Å². The summed E-state index contributed by atoms with van der Waals surface area (Å²) in [7, 11) is 0. The van der Waals surface area contributed by atoms with Crippen molar-refractivity contribution in [3.05, 3.63) is 0 Å². The van der Waals surface area contributed by atoms with Gasteiger partial charge in [0.2, 0.25) is 0 Å². The Labute approximate surface area is 113 Å². The van der Waals surface area contributed by atoms with Gasteiger partial charge in [-0.25, -0.2) is 0 Å². The molecule has 1 aliphatic carbocycles. The van der Waals surface area contributed by atoms with Gasteiger partial charge in [0.1, 0.15) is 5.72 Å². The summed E-state index contributed by atoms with van der Waals surface area (Å²) in [5.74, 6) is 1.61. The van der Waals surface area contributed by atoms with Crippen molar-refractivity contribution in [3.8, 4) is 0 Å². The second-order valence-electron chi connectivity index (χ2n) is 6.76. The Kier molecular flexibility index (Phi) is 4.38. The number of rotatable bonds is 3. The molecule has 1 heterocycles. The molecule has 18 heavy (non-hydrogen) atoms.